The van der Waals surface area contributed by atoms with E-state index < -0.39 is 0 Å². The van der Waals surface area contributed by atoms with Crippen LogP contribution in [0.5, 0.6) is 0 Å². The molecule has 0 saturated heterocycles. The number of alkyl halides is 1. The number of halogens is 2. The summed E-state index contributed by atoms with van der Waals surface area (Å²) in [6.45, 7) is 3.55. The van der Waals surface area contributed by atoms with Crippen molar-refractivity contribution in [2.24, 2.45) is 0 Å². The smallest absolute Gasteiger partial charge is 0.181 e. The molecule has 1 aromatic heterocycles. The zero-order valence-corrected chi connectivity index (χ0v) is 10.8. The fraction of sp³-hybridized carbons (Fsp3) is 0.231. The van der Waals surface area contributed by atoms with Gasteiger partial charge in [-0.1, -0.05) is 0 Å². The van der Waals surface area contributed by atoms with Gasteiger partial charge < -0.3 is 0 Å². The number of ketones is 1. The van der Waals surface area contributed by atoms with Crippen LogP contribution in [0.3, 0.4) is 0 Å². The minimum atomic E-state index is -0.308. The van der Waals surface area contributed by atoms with E-state index in [0.29, 0.717) is 22.6 Å². The standard InChI is InChI=1S/C13H12ClFN2O/c1-8-13(12(18)7-14)9(2)17(16-8)11-5-3-10(15)4-6-11/h3-6H,7H2,1-2H3. The molecule has 0 spiro atoms. The molecule has 0 N–H and O–H groups in total. The topological polar surface area (TPSA) is 34.9 Å². The zero-order valence-electron chi connectivity index (χ0n) is 10.1. The van der Waals surface area contributed by atoms with Gasteiger partial charge in [0.25, 0.3) is 0 Å². The van der Waals surface area contributed by atoms with Gasteiger partial charge in [0.05, 0.1) is 28.5 Å². The average Bonchev–Trinajstić information content (AvgIpc) is 2.65. The van der Waals surface area contributed by atoms with Crippen molar-refractivity contribution in [1.82, 2.24) is 9.78 Å². The molecule has 0 fully saturated rings. The molecular weight excluding hydrogens is 255 g/mol. The van der Waals surface area contributed by atoms with E-state index in [9.17, 15) is 9.18 Å². The number of nitrogens with zero attached hydrogens (tertiary/aromatic N) is 2. The predicted molar refractivity (Wildman–Crippen MR) is 68.0 cm³/mol. The highest BCUT2D eigenvalue weighted by atomic mass is 35.5. The van der Waals surface area contributed by atoms with Gasteiger partial charge in [-0.15, -0.1) is 11.6 Å². The lowest BCUT2D eigenvalue weighted by atomic mass is 10.1. The Morgan fingerprint density at radius 2 is 1.94 bits per heavy atom. The van der Waals surface area contributed by atoms with Crippen molar-refractivity contribution in [1.29, 1.82) is 0 Å². The summed E-state index contributed by atoms with van der Waals surface area (Å²) in [6.07, 6.45) is 0. The molecular formula is C13H12ClFN2O. The van der Waals surface area contributed by atoms with Crippen LogP contribution in [0.25, 0.3) is 5.69 Å². The lowest BCUT2D eigenvalue weighted by molar-refractivity contribution is 0.102. The molecule has 94 valence electrons. The van der Waals surface area contributed by atoms with Crippen molar-refractivity contribution in [2.75, 3.05) is 5.88 Å². The van der Waals surface area contributed by atoms with Gasteiger partial charge in [-0.2, -0.15) is 5.10 Å². The number of hydrogen-bond donors (Lipinski definition) is 0. The van der Waals surface area contributed by atoms with E-state index in [1.165, 1.54) is 12.1 Å². The van der Waals surface area contributed by atoms with Crippen molar-refractivity contribution < 1.29 is 9.18 Å². The van der Waals surface area contributed by atoms with Crippen LogP contribution in [0.15, 0.2) is 24.3 Å². The van der Waals surface area contributed by atoms with Crippen molar-refractivity contribution in [3.05, 3.63) is 47.0 Å². The molecule has 0 atom stereocenters. The van der Waals surface area contributed by atoms with Gasteiger partial charge in [0.2, 0.25) is 0 Å². The molecule has 0 radical (unpaired) electrons. The molecule has 0 aliphatic carbocycles. The molecule has 18 heavy (non-hydrogen) atoms. The van der Waals surface area contributed by atoms with Crippen LogP contribution in [-0.4, -0.2) is 21.4 Å². The number of aryl methyl sites for hydroxylation is 1. The summed E-state index contributed by atoms with van der Waals surface area (Å²) < 4.78 is 14.5. The van der Waals surface area contributed by atoms with Gasteiger partial charge in [0.1, 0.15) is 5.82 Å². The molecule has 5 heteroatoms. The maximum absolute atomic E-state index is 12.9. The average molecular weight is 267 g/mol. The maximum Gasteiger partial charge on any atom is 0.181 e. The summed E-state index contributed by atoms with van der Waals surface area (Å²) in [5.41, 5.74) is 2.59. The van der Waals surface area contributed by atoms with Crippen LogP contribution in [-0.2, 0) is 0 Å². The quantitative estimate of drug-likeness (QED) is 0.632. The third-order valence-electron chi connectivity index (χ3n) is 2.76. The van der Waals surface area contributed by atoms with Gasteiger partial charge in [-0.25, -0.2) is 9.07 Å². The number of hydrogen-bond acceptors (Lipinski definition) is 2. The lowest BCUT2D eigenvalue weighted by Gasteiger charge is -2.04. The Labute approximate surface area is 109 Å². The normalized spacial score (nSPS) is 10.7. The number of benzene rings is 1. The molecule has 3 nitrogen and oxygen atoms in total. The van der Waals surface area contributed by atoms with Gasteiger partial charge in [0, 0.05) is 0 Å². The molecule has 0 amide bonds. The highest BCUT2D eigenvalue weighted by Gasteiger charge is 2.18. The second kappa shape index (κ2) is 4.90. The Hall–Kier alpha value is -1.68. The second-order valence-electron chi connectivity index (χ2n) is 3.99. The van der Waals surface area contributed by atoms with Crippen LogP contribution < -0.4 is 0 Å². The lowest BCUT2D eigenvalue weighted by Crippen LogP contribution is -2.04. The Bertz CT molecular complexity index is 590. The molecule has 0 aliphatic rings. The van der Waals surface area contributed by atoms with E-state index in [2.05, 4.69) is 5.10 Å². The Balaban J connectivity index is 2.53. The van der Waals surface area contributed by atoms with E-state index >= 15 is 0 Å². The molecule has 1 aromatic carbocycles. The number of carbonyl (C=O) groups excluding carboxylic acids is 1. The summed E-state index contributed by atoms with van der Waals surface area (Å²) in [5.74, 6) is -0.533. The predicted octanol–water partition coefficient (Wildman–Crippen LogP) is 3.05. The van der Waals surface area contributed by atoms with E-state index in [0.717, 1.165) is 0 Å². The van der Waals surface area contributed by atoms with Crippen LogP contribution in [0.4, 0.5) is 4.39 Å². The fourth-order valence-electron chi connectivity index (χ4n) is 1.95. The van der Waals surface area contributed by atoms with Crippen molar-refractivity contribution >= 4 is 17.4 Å². The number of Topliss-reactive ketones (excluding diaryl/α,β-unsaturated/α-hetero) is 1. The Kier molecular flexibility index (Phi) is 3.48. The van der Waals surface area contributed by atoms with E-state index in [1.54, 1.807) is 30.7 Å². The van der Waals surface area contributed by atoms with Crippen molar-refractivity contribution in [3.8, 4) is 5.69 Å². The summed E-state index contributed by atoms with van der Waals surface area (Å²) in [6, 6.07) is 5.94. The van der Waals surface area contributed by atoms with Gasteiger partial charge in [0.15, 0.2) is 5.78 Å². The third-order valence-corrected chi connectivity index (χ3v) is 3.01. The number of aromatic nitrogens is 2. The van der Waals surface area contributed by atoms with Gasteiger partial charge >= 0.3 is 0 Å². The van der Waals surface area contributed by atoms with Crippen LogP contribution in [0, 0.1) is 19.7 Å². The van der Waals surface area contributed by atoms with Crippen LogP contribution in [0.2, 0.25) is 0 Å². The molecule has 1 heterocycles. The minimum absolute atomic E-state index is 0.0726. The Morgan fingerprint density at radius 3 is 2.50 bits per heavy atom. The van der Waals surface area contributed by atoms with Crippen molar-refractivity contribution in [2.45, 2.75) is 13.8 Å². The summed E-state index contributed by atoms with van der Waals surface area (Å²) >= 11 is 5.57. The first-order chi connectivity index (χ1) is 8.54. The summed E-state index contributed by atoms with van der Waals surface area (Å²) in [7, 11) is 0. The SMILES string of the molecule is Cc1nn(-c2ccc(F)cc2)c(C)c1C(=O)CCl. The molecule has 0 unspecified atom stereocenters. The van der Waals surface area contributed by atoms with E-state index in [-0.39, 0.29) is 17.5 Å². The highest BCUT2D eigenvalue weighted by Crippen LogP contribution is 2.19. The molecule has 0 bridgehead atoms. The number of carbonyl (C=O) groups is 1. The van der Waals surface area contributed by atoms with Crippen LogP contribution >= 0.6 is 11.6 Å². The fourth-order valence-corrected chi connectivity index (χ4v) is 2.08. The summed E-state index contributed by atoms with van der Waals surface area (Å²) in [4.78, 5) is 11.7. The molecule has 0 aliphatic heterocycles. The monoisotopic (exact) mass is 266 g/mol. The first-order valence-corrected chi connectivity index (χ1v) is 5.99. The maximum atomic E-state index is 12.9. The van der Waals surface area contributed by atoms with E-state index in [1.807, 2.05) is 0 Å². The summed E-state index contributed by atoms with van der Waals surface area (Å²) in [5, 5.41) is 4.29. The van der Waals surface area contributed by atoms with Gasteiger partial charge in [-0.05, 0) is 38.1 Å². The second-order valence-corrected chi connectivity index (χ2v) is 4.26. The molecule has 2 aromatic rings. The zero-order chi connectivity index (χ0) is 13.3. The number of rotatable bonds is 3. The van der Waals surface area contributed by atoms with Crippen molar-refractivity contribution in [3.63, 3.8) is 0 Å². The third kappa shape index (κ3) is 2.16. The highest BCUT2D eigenvalue weighted by molar-refractivity contribution is 6.30. The molecule has 0 saturated carbocycles. The van der Waals surface area contributed by atoms with E-state index in [4.69, 9.17) is 11.6 Å². The largest absolute Gasteiger partial charge is 0.293 e. The minimum Gasteiger partial charge on any atom is -0.293 e. The Morgan fingerprint density at radius 1 is 1.33 bits per heavy atom. The molecule has 2 rings (SSSR count). The van der Waals surface area contributed by atoms with Gasteiger partial charge in [-0.3, -0.25) is 4.79 Å². The first kappa shape index (κ1) is 12.8. The first-order valence-electron chi connectivity index (χ1n) is 5.46. The van der Waals surface area contributed by atoms with Crippen LogP contribution in [0.1, 0.15) is 21.7 Å².